The van der Waals surface area contributed by atoms with E-state index >= 15 is 0 Å². The van der Waals surface area contributed by atoms with Gasteiger partial charge in [-0.25, -0.2) is 0 Å². The van der Waals surface area contributed by atoms with Crippen molar-refractivity contribution >= 4 is 15.9 Å². The molecule has 0 aromatic carbocycles. The summed E-state index contributed by atoms with van der Waals surface area (Å²) >= 11 is 3.47. The average molecular weight is 351 g/mol. The summed E-state index contributed by atoms with van der Waals surface area (Å²) in [6, 6.07) is 2.38. The second kappa shape index (κ2) is 6.25. The van der Waals surface area contributed by atoms with Crippen LogP contribution >= 0.6 is 15.9 Å². The van der Waals surface area contributed by atoms with E-state index in [9.17, 15) is 0 Å². The van der Waals surface area contributed by atoms with Crippen LogP contribution < -0.4 is 5.32 Å². The van der Waals surface area contributed by atoms with E-state index in [4.69, 9.17) is 4.74 Å². The number of nitrogens with one attached hydrogen (secondary N) is 1. The first-order valence-electron chi connectivity index (χ1n) is 7.08. The minimum absolute atomic E-state index is 0.0620. The highest BCUT2D eigenvalue weighted by molar-refractivity contribution is 9.10. The Morgan fingerprint density at radius 3 is 3.00 bits per heavy atom. The van der Waals surface area contributed by atoms with Gasteiger partial charge < -0.3 is 10.1 Å². The van der Waals surface area contributed by atoms with Crippen molar-refractivity contribution < 1.29 is 4.74 Å². The largest absolute Gasteiger partial charge is 0.372 e. The third-order valence-corrected chi connectivity index (χ3v) is 4.47. The van der Waals surface area contributed by atoms with Gasteiger partial charge in [0, 0.05) is 59.9 Å². The fourth-order valence-corrected chi connectivity index (χ4v) is 3.05. The normalized spacial score (nSPS) is 21.9. The number of rotatable bonds is 4. The molecule has 6 heteroatoms. The first-order chi connectivity index (χ1) is 10.1. The van der Waals surface area contributed by atoms with Gasteiger partial charge in [-0.1, -0.05) is 0 Å². The monoisotopic (exact) mass is 350 g/mol. The second-order valence-corrected chi connectivity index (χ2v) is 6.30. The van der Waals surface area contributed by atoms with Crippen molar-refractivity contribution in [2.45, 2.75) is 32.0 Å². The molecule has 0 bridgehead atoms. The van der Waals surface area contributed by atoms with Gasteiger partial charge in [-0.15, -0.1) is 0 Å². The van der Waals surface area contributed by atoms with Gasteiger partial charge in [0.2, 0.25) is 0 Å². The number of pyridine rings is 1. The van der Waals surface area contributed by atoms with Gasteiger partial charge in [0.15, 0.2) is 0 Å². The van der Waals surface area contributed by atoms with Gasteiger partial charge in [0.25, 0.3) is 0 Å². The Balaban J connectivity index is 1.68. The maximum absolute atomic E-state index is 5.89. The zero-order valence-corrected chi connectivity index (χ0v) is 13.8. The lowest BCUT2D eigenvalue weighted by Gasteiger charge is -2.20. The van der Waals surface area contributed by atoms with Gasteiger partial charge in [-0.3, -0.25) is 9.67 Å². The highest BCUT2D eigenvalue weighted by atomic mass is 79.9. The van der Waals surface area contributed by atoms with Gasteiger partial charge in [0.1, 0.15) is 0 Å². The summed E-state index contributed by atoms with van der Waals surface area (Å²) in [5, 5.41) is 7.88. The Morgan fingerprint density at radius 2 is 2.29 bits per heavy atom. The zero-order valence-electron chi connectivity index (χ0n) is 12.2. The van der Waals surface area contributed by atoms with E-state index in [1.165, 1.54) is 11.3 Å². The van der Waals surface area contributed by atoms with Gasteiger partial charge >= 0.3 is 0 Å². The average Bonchev–Trinajstić information content (AvgIpc) is 3.06. The van der Waals surface area contributed by atoms with Crippen LogP contribution in [0.3, 0.4) is 0 Å². The molecule has 1 saturated heterocycles. The molecule has 3 rings (SSSR count). The molecule has 5 nitrogen and oxygen atoms in total. The van der Waals surface area contributed by atoms with Crippen LogP contribution in [0.5, 0.6) is 0 Å². The Hall–Kier alpha value is -1.24. The maximum Gasteiger partial charge on any atom is 0.0993 e. The van der Waals surface area contributed by atoms with Crippen LogP contribution in [0.1, 0.15) is 29.3 Å². The summed E-state index contributed by atoms with van der Waals surface area (Å²) < 4.78 is 8.77. The predicted octanol–water partition coefficient (Wildman–Crippen LogP) is 2.51. The van der Waals surface area contributed by atoms with E-state index in [0.717, 1.165) is 29.6 Å². The molecule has 0 unspecified atom stereocenters. The molecule has 112 valence electrons. The van der Waals surface area contributed by atoms with Crippen LogP contribution in [0.15, 0.2) is 29.1 Å². The molecule has 3 heterocycles. The molecule has 0 radical (unpaired) electrons. The number of hydrogen-bond donors (Lipinski definition) is 1. The molecular weight excluding hydrogens is 332 g/mol. The molecule has 2 atom stereocenters. The predicted molar refractivity (Wildman–Crippen MR) is 83.8 cm³/mol. The first-order valence-corrected chi connectivity index (χ1v) is 7.87. The fourth-order valence-electron chi connectivity index (χ4n) is 2.67. The lowest BCUT2D eigenvalue weighted by Crippen LogP contribution is -2.31. The van der Waals surface area contributed by atoms with Crippen LogP contribution in [0, 0.1) is 6.92 Å². The van der Waals surface area contributed by atoms with E-state index in [-0.39, 0.29) is 6.10 Å². The molecule has 2 aromatic rings. The van der Waals surface area contributed by atoms with Gasteiger partial charge in [-0.05, 0) is 35.3 Å². The lowest BCUT2D eigenvalue weighted by atomic mass is 10.0. The summed E-state index contributed by atoms with van der Waals surface area (Å²) in [4.78, 5) is 4.23. The van der Waals surface area contributed by atoms with Crippen molar-refractivity contribution in [3.63, 3.8) is 0 Å². The van der Waals surface area contributed by atoms with Crippen molar-refractivity contribution in [2.75, 3.05) is 6.61 Å². The zero-order chi connectivity index (χ0) is 14.8. The molecule has 1 aliphatic rings. The molecule has 1 N–H and O–H groups in total. The number of aromatic nitrogens is 3. The Labute approximate surface area is 132 Å². The first kappa shape index (κ1) is 14.7. The standard InChI is InChI=1S/C15H19BrN4O/c1-10-12(8-19-20(10)2)7-18-14-3-4-21-15(14)11-5-13(16)9-17-6-11/h5-6,8-9,14-15,18H,3-4,7H2,1-2H3/t14-,15+/m0/s1. The summed E-state index contributed by atoms with van der Waals surface area (Å²) in [6.07, 6.45) is 6.67. The van der Waals surface area contributed by atoms with Crippen LogP contribution in [0.4, 0.5) is 0 Å². The van der Waals surface area contributed by atoms with Crippen LogP contribution in [-0.2, 0) is 18.3 Å². The summed E-state index contributed by atoms with van der Waals surface area (Å²) in [6.45, 7) is 3.68. The molecule has 1 fully saturated rings. The summed E-state index contributed by atoms with van der Waals surface area (Å²) in [7, 11) is 1.97. The number of ether oxygens (including phenoxy) is 1. The van der Waals surface area contributed by atoms with Crippen molar-refractivity contribution in [3.05, 3.63) is 46.0 Å². The number of aryl methyl sites for hydroxylation is 1. The Morgan fingerprint density at radius 1 is 1.43 bits per heavy atom. The molecule has 1 aliphatic heterocycles. The lowest BCUT2D eigenvalue weighted by molar-refractivity contribution is 0.0981. The molecular formula is C15H19BrN4O. The van der Waals surface area contributed by atoms with E-state index in [0.29, 0.717) is 6.04 Å². The molecule has 21 heavy (non-hydrogen) atoms. The molecule has 0 saturated carbocycles. The summed E-state index contributed by atoms with van der Waals surface area (Å²) in [5.41, 5.74) is 3.54. The van der Waals surface area contributed by atoms with Crippen molar-refractivity contribution in [3.8, 4) is 0 Å². The quantitative estimate of drug-likeness (QED) is 0.920. The minimum Gasteiger partial charge on any atom is -0.372 e. The third kappa shape index (κ3) is 3.17. The van der Waals surface area contributed by atoms with Crippen molar-refractivity contribution in [1.29, 1.82) is 0 Å². The van der Waals surface area contributed by atoms with E-state index < -0.39 is 0 Å². The van der Waals surface area contributed by atoms with Crippen LogP contribution in [-0.4, -0.2) is 27.4 Å². The molecule has 0 aliphatic carbocycles. The van der Waals surface area contributed by atoms with Crippen LogP contribution in [0.2, 0.25) is 0 Å². The topological polar surface area (TPSA) is 52.0 Å². The van der Waals surface area contributed by atoms with Crippen molar-refractivity contribution in [1.82, 2.24) is 20.1 Å². The highest BCUT2D eigenvalue weighted by Gasteiger charge is 2.29. The Kier molecular flexibility index (Phi) is 4.37. The second-order valence-electron chi connectivity index (χ2n) is 5.38. The van der Waals surface area contributed by atoms with Gasteiger partial charge in [0.05, 0.1) is 12.3 Å². The fraction of sp³-hybridized carbons (Fsp3) is 0.467. The number of nitrogens with zero attached hydrogens (tertiary/aromatic N) is 3. The van der Waals surface area contributed by atoms with E-state index in [2.05, 4.69) is 44.3 Å². The molecule has 2 aromatic heterocycles. The number of halogens is 1. The third-order valence-electron chi connectivity index (χ3n) is 4.04. The summed E-state index contributed by atoms with van der Waals surface area (Å²) in [5.74, 6) is 0. The minimum atomic E-state index is 0.0620. The highest BCUT2D eigenvalue weighted by Crippen LogP contribution is 2.30. The maximum atomic E-state index is 5.89. The van der Waals surface area contributed by atoms with E-state index in [1.54, 1.807) is 6.20 Å². The van der Waals surface area contributed by atoms with E-state index in [1.807, 2.05) is 24.1 Å². The number of hydrogen-bond acceptors (Lipinski definition) is 4. The van der Waals surface area contributed by atoms with Gasteiger partial charge in [-0.2, -0.15) is 5.10 Å². The van der Waals surface area contributed by atoms with Crippen LogP contribution in [0.25, 0.3) is 0 Å². The van der Waals surface area contributed by atoms with Crippen molar-refractivity contribution in [2.24, 2.45) is 7.05 Å². The smallest absolute Gasteiger partial charge is 0.0993 e. The molecule has 0 amide bonds. The SMILES string of the molecule is Cc1c(CN[C@H]2CCO[C@@H]2c2cncc(Br)c2)cnn1C. The molecule has 0 spiro atoms. The Bertz CT molecular complexity index is 628.